The summed E-state index contributed by atoms with van der Waals surface area (Å²) >= 11 is 0. The Kier molecular flexibility index (Phi) is 4.79. The standard InChI is InChI=1S/C17H28O3/c1-12-3-5-14(6-4-12)15-7-8-17(20-9-15)16-10-18-13(2)19-11-16/h3,13-17H,4-11H2,1-2H3. The van der Waals surface area contributed by atoms with E-state index in [4.69, 9.17) is 14.2 Å². The first-order valence-corrected chi connectivity index (χ1v) is 8.23. The molecule has 2 fully saturated rings. The minimum Gasteiger partial charge on any atom is -0.377 e. The van der Waals surface area contributed by atoms with E-state index in [1.165, 1.54) is 32.1 Å². The quantitative estimate of drug-likeness (QED) is 0.724. The lowest BCUT2D eigenvalue weighted by molar-refractivity contribution is -0.216. The third kappa shape index (κ3) is 3.44. The van der Waals surface area contributed by atoms with E-state index < -0.39 is 0 Å². The summed E-state index contributed by atoms with van der Waals surface area (Å²) in [6.45, 7) is 6.75. The predicted molar refractivity (Wildman–Crippen MR) is 78.4 cm³/mol. The number of rotatable bonds is 2. The van der Waals surface area contributed by atoms with Crippen LogP contribution in [0.25, 0.3) is 0 Å². The summed E-state index contributed by atoms with van der Waals surface area (Å²) in [7, 11) is 0. The molecule has 0 radical (unpaired) electrons. The number of ether oxygens (including phenoxy) is 3. The third-order valence-electron chi connectivity index (χ3n) is 5.31. The summed E-state index contributed by atoms with van der Waals surface area (Å²) in [6.07, 6.45) is 9.13. The highest BCUT2D eigenvalue weighted by Gasteiger charge is 2.34. The second-order valence-electron chi connectivity index (χ2n) is 6.79. The van der Waals surface area contributed by atoms with Crippen molar-refractivity contribution in [2.24, 2.45) is 17.8 Å². The summed E-state index contributed by atoms with van der Waals surface area (Å²) < 4.78 is 17.3. The Morgan fingerprint density at radius 3 is 2.25 bits per heavy atom. The average Bonchev–Trinajstić information content (AvgIpc) is 2.49. The van der Waals surface area contributed by atoms with E-state index in [0.29, 0.717) is 12.0 Å². The molecule has 0 aromatic rings. The van der Waals surface area contributed by atoms with E-state index in [0.717, 1.165) is 31.7 Å². The molecular weight excluding hydrogens is 252 g/mol. The largest absolute Gasteiger partial charge is 0.377 e. The van der Waals surface area contributed by atoms with Crippen LogP contribution in [-0.2, 0) is 14.2 Å². The molecule has 3 heteroatoms. The Morgan fingerprint density at radius 1 is 0.900 bits per heavy atom. The van der Waals surface area contributed by atoms with Crippen LogP contribution in [0.15, 0.2) is 11.6 Å². The Hall–Kier alpha value is -0.380. The van der Waals surface area contributed by atoms with Crippen molar-refractivity contribution in [3.63, 3.8) is 0 Å². The highest BCUT2D eigenvalue weighted by Crippen LogP contribution is 2.36. The topological polar surface area (TPSA) is 27.7 Å². The van der Waals surface area contributed by atoms with E-state index in [1.807, 2.05) is 6.92 Å². The Morgan fingerprint density at radius 2 is 1.65 bits per heavy atom. The first-order valence-electron chi connectivity index (χ1n) is 8.23. The fraction of sp³-hybridized carbons (Fsp3) is 0.882. The first-order chi connectivity index (χ1) is 9.72. The summed E-state index contributed by atoms with van der Waals surface area (Å²) in [4.78, 5) is 0. The maximum absolute atomic E-state index is 6.16. The van der Waals surface area contributed by atoms with Gasteiger partial charge in [0.15, 0.2) is 6.29 Å². The van der Waals surface area contributed by atoms with Gasteiger partial charge in [-0.1, -0.05) is 11.6 Å². The van der Waals surface area contributed by atoms with Gasteiger partial charge in [-0.05, 0) is 57.8 Å². The van der Waals surface area contributed by atoms with Crippen molar-refractivity contribution >= 4 is 0 Å². The third-order valence-corrected chi connectivity index (χ3v) is 5.31. The van der Waals surface area contributed by atoms with Gasteiger partial charge in [-0.25, -0.2) is 0 Å². The van der Waals surface area contributed by atoms with Gasteiger partial charge in [0.25, 0.3) is 0 Å². The van der Waals surface area contributed by atoms with E-state index in [-0.39, 0.29) is 6.29 Å². The first kappa shape index (κ1) is 14.6. The zero-order valence-electron chi connectivity index (χ0n) is 12.8. The zero-order valence-corrected chi connectivity index (χ0v) is 12.8. The van der Waals surface area contributed by atoms with Crippen molar-refractivity contribution in [3.8, 4) is 0 Å². The lowest BCUT2D eigenvalue weighted by atomic mass is 9.77. The van der Waals surface area contributed by atoms with Gasteiger partial charge in [0.05, 0.1) is 25.9 Å². The van der Waals surface area contributed by atoms with Gasteiger partial charge in [-0.3, -0.25) is 0 Å². The van der Waals surface area contributed by atoms with Gasteiger partial charge >= 0.3 is 0 Å². The van der Waals surface area contributed by atoms with Crippen LogP contribution in [0.2, 0.25) is 0 Å². The molecule has 0 spiro atoms. The number of allylic oxidation sites excluding steroid dienone is 2. The van der Waals surface area contributed by atoms with Gasteiger partial charge in [0, 0.05) is 5.92 Å². The van der Waals surface area contributed by atoms with Crippen molar-refractivity contribution in [2.75, 3.05) is 19.8 Å². The Balaban J connectivity index is 1.45. The minimum atomic E-state index is -0.0418. The van der Waals surface area contributed by atoms with Crippen LogP contribution in [0, 0.1) is 17.8 Å². The smallest absolute Gasteiger partial charge is 0.154 e. The molecule has 3 unspecified atom stereocenters. The highest BCUT2D eigenvalue weighted by atomic mass is 16.7. The molecule has 2 saturated heterocycles. The molecule has 0 aromatic heterocycles. The minimum absolute atomic E-state index is 0.0418. The molecule has 3 aliphatic rings. The van der Waals surface area contributed by atoms with Gasteiger partial charge in [-0.15, -0.1) is 0 Å². The maximum atomic E-state index is 6.16. The molecule has 0 amide bonds. The number of hydrogen-bond donors (Lipinski definition) is 0. The molecule has 2 heterocycles. The van der Waals surface area contributed by atoms with Crippen LogP contribution in [0.4, 0.5) is 0 Å². The van der Waals surface area contributed by atoms with Crippen molar-refractivity contribution < 1.29 is 14.2 Å². The molecule has 114 valence electrons. The monoisotopic (exact) mass is 280 g/mol. The second kappa shape index (κ2) is 6.59. The lowest BCUT2D eigenvalue weighted by Crippen LogP contribution is -2.42. The molecule has 0 saturated carbocycles. The molecule has 3 atom stereocenters. The van der Waals surface area contributed by atoms with Crippen molar-refractivity contribution in [1.82, 2.24) is 0 Å². The maximum Gasteiger partial charge on any atom is 0.154 e. The molecular formula is C17H28O3. The summed E-state index contributed by atoms with van der Waals surface area (Å²) in [5.41, 5.74) is 1.57. The van der Waals surface area contributed by atoms with E-state index in [2.05, 4.69) is 13.0 Å². The van der Waals surface area contributed by atoms with Crippen LogP contribution >= 0.6 is 0 Å². The van der Waals surface area contributed by atoms with Crippen molar-refractivity contribution in [2.45, 2.75) is 58.3 Å². The highest BCUT2D eigenvalue weighted by molar-refractivity contribution is 5.04. The molecule has 0 bridgehead atoms. The average molecular weight is 280 g/mol. The van der Waals surface area contributed by atoms with Gasteiger partial charge in [0.2, 0.25) is 0 Å². The van der Waals surface area contributed by atoms with Crippen LogP contribution < -0.4 is 0 Å². The van der Waals surface area contributed by atoms with Crippen LogP contribution in [0.1, 0.15) is 46.0 Å². The lowest BCUT2D eigenvalue weighted by Gasteiger charge is -2.39. The fourth-order valence-corrected chi connectivity index (χ4v) is 3.78. The normalized spacial score (nSPS) is 43.1. The Labute approximate surface area is 122 Å². The molecule has 20 heavy (non-hydrogen) atoms. The Bertz CT molecular complexity index is 336. The van der Waals surface area contributed by atoms with Crippen molar-refractivity contribution in [3.05, 3.63) is 11.6 Å². The van der Waals surface area contributed by atoms with Crippen LogP contribution in [0.3, 0.4) is 0 Å². The molecule has 1 aliphatic carbocycles. The molecule has 3 nitrogen and oxygen atoms in total. The zero-order chi connectivity index (χ0) is 13.9. The molecule has 0 aromatic carbocycles. The fourth-order valence-electron chi connectivity index (χ4n) is 3.78. The SMILES string of the molecule is CC1=CCC(C2CCC(C3COC(C)OC3)OC2)CC1. The summed E-state index contributed by atoms with van der Waals surface area (Å²) in [6, 6.07) is 0. The van der Waals surface area contributed by atoms with Crippen molar-refractivity contribution in [1.29, 1.82) is 0 Å². The molecule has 3 rings (SSSR count). The van der Waals surface area contributed by atoms with E-state index in [9.17, 15) is 0 Å². The van der Waals surface area contributed by atoms with Gasteiger partial charge in [0.1, 0.15) is 0 Å². The summed E-state index contributed by atoms with van der Waals surface area (Å²) in [5, 5.41) is 0. The second-order valence-corrected chi connectivity index (χ2v) is 6.79. The predicted octanol–water partition coefficient (Wildman–Crippen LogP) is 3.54. The van der Waals surface area contributed by atoms with E-state index in [1.54, 1.807) is 5.57 Å². The molecule has 2 aliphatic heterocycles. The number of hydrogen-bond acceptors (Lipinski definition) is 3. The van der Waals surface area contributed by atoms with E-state index >= 15 is 0 Å². The molecule has 0 N–H and O–H groups in total. The van der Waals surface area contributed by atoms with Crippen LogP contribution in [0.5, 0.6) is 0 Å². The van der Waals surface area contributed by atoms with Gasteiger partial charge < -0.3 is 14.2 Å². The summed E-state index contributed by atoms with van der Waals surface area (Å²) in [5.74, 6) is 2.04. The van der Waals surface area contributed by atoms with Gasteiger partial charge in [-0.2, -0.15) is 0 Å². The van der Waals surface area contributed by atoms with Crippen LogP contribution in [-0.4, -0.2) is 32.2 Å².